The Bertz CT molecular complexity index is 683. The van der Waals surface area contributed by atoms with Gasteiger partial charge in [-0.2, -0.15) is 0 Å². The van der Waals surface area contributed by atoms with Gasteiger partial charge >= 0.3 is 11.9 Å². The summed E-state index contributed by atoms with van der Waals surface area (Å²) < 4.78 is 10.4. The molecule has 2 aromatic carbocycles. The second-order valence-electron chi connectivity index (χ2n) is 5.28. The molecule has 0 aliphatic carbocycles. The summed E-state index contributed by atoms with van der Waals surface area (Å²) in [4.78, 5) is 22.2. The first-order chi connectivity index (χ1) is 11.6. The van der Waals surface area contributed by atoms with E-state index in [4.69, 9.17) is 9.47 Å². The van der Waals surface area contributed by atoms with Crippen LogP contribution < -0.4 is 9.47 Å². The average Bonchev–Trinajstić information content (AvgIpc) is 2.53. The topological polar surface area (TPSA) is 52.6 Å². The van der Waals surface area contributed by atoms with Crippen LogP contribution in [0.25, 0.3) is 0 Å². The van der Waals surface area contributed by atoms with Crippen molar-refractivity contribution >= 4 is 11.9 Å². The standard InChI is InChI=1S/C20H20O4/c1-15(21)23-19-13-7-5-11-17(19)9-3-4-10-18-12-6-8-14-20(18)24-16(2)22/h3-8,11-14H,9-10H2,1-2H3. The first-order valence-corrected chi connectivity index (χ1v) is 7.74. The van der Waals surface area contributed by atoms with Crippen LogP contribution in [0.1, 0.15) is 25.0 Å². The number of para-hydroxylation sites is 2. The fraction of sp³-hybridized carbons (Fsp3) is 0.200. The molecule has 4 heteroatoms. The van der Waals surface area contributed by atoms with E-state index in [0.29, 0.717) is 24.3 Å². The minimum atomic E-state index is -0.332. The number of ether oxygens (including phenoxy) is 2. The summed E-state index contributed by atoms with van der Waals surface area (Å²) in [6.45, 7) is 2.77. The molecule has 0 atom stereocenters. The van der Waals surface area contributed by atoms with E-state index in [1.165, 1.54) is 13.8 Å². The molecule has 124 valence electrons. The Kier molecular flexibility index (Phi) is 6.32. The largest absolute Gasteiger partial charge is 0.426 e. The first kappa shape index (κ1) is 17.5. The number of rotatable bonds is 6. The molecule has 0 radical (unpaired) electrons. The number of allylic oxidation sites excluding steroid dienone is 2. The maximum absolute atomic E-state index is 11.1. The Balaban J connectivity index is 2.01. The lowest BCUT2D eigenvalue weighted by Crippen LogP contribution is -2.04. The van der Waals surface area contributed by atoms with E-state index in [1.807, 2.05) is 48.6 Å². The van der Waals surface area contributed by atoms with Gasteiger partial charge in [0.15, 0.2) is 0 Å². The molecule has 0 amide bonds. The predicted molar refractivity (Wildman–Crippen MR) is 92.1 cm³/mol. The van der Waals surface area contributed by atoms with Gasteiger partial charge in [-0.3, -0.25) is 9.59 Å². The third kappa shape index (κ3) is 5.39. The molecule has 0 aliphatic heterocycles. The van der Waals surface area contributed by atoms with Crippen LogP contribution in [0.2, 0.25) is 0 Å². The van der Waals surface area contributed by atoms with Gasteiger partial charge in [0.1, 0.15) is 11.5 Å². The van der Waals surface area contributed by atoms with Gasteiger partial charge in [0.25, 0.3) is 0 Å². The van der Waals surface area contributed by atoms with Crippen molar-refractivity contribution in [2.75, 3.05) is 0 Å². The fourth-order valence-corrected chi connectivity index (χ4v) is 2.27. The molecule has 0 aliphatic rings. The van der Waals surface area contributed by atoms with Crippen molar-refractivity contribution in [3.05, 3.63) is 71.8 Å². The van der Waals surface area contributed by atoms with Gasteiger partial charge in [0, 0.05) is 13.8 Å². The summed E-state index contributed by atoms with van der Waals surface area (Å²) >= 11 is 0. The molecule has 2 aromatic rings. The third-order valence-corrected chi connectivity index (χ3v) is 3.29. The van der Waals surface area contributed by atoms with Crippen molar-refractivity contribution < 1.29 is 19.1 Å². The van der Waals surface area contributed by atoms with E-state index in [1.54, 1.807) is 12.1 Å². The summed E-state index contributed by atoms with van der Waals surface area (Å²) in [6, 6.07) is 14.9. The molecular weight excluding hydrogens is 304 g/mol. The molecule has 0 spiro atoms. The minimum Gasteiger partial charge on any atom is -0.426 e. The Morgan fingerprint density at radius 1 is 0.750 bits per heavy atom. The molecule has 0 saturated carbocycles. The highest BCUT2D eigenvalue weighted by Gasteiger charge is 2.05. The Hall–Kier alpha value is -2.88. The summed E-state index contributed by atoms with van der Waals surface area (Å²) in [5.41, 5.74) is 1.88. The molecule has 0 fully saturated rings. The van der Waals surface area contributed by atoms with Gasteiger partial charge in [-0.15, -0.1) is 0 Å². The summed E-state index contributed by atoms with van der Waals surface area (Å²) in [5.74, 6) is 0.494. The number of carbonyl (C=O) groups excluding carboxylic acids is 2. The molecule has 0 aromatic heterocycles. The van der Waals surface area contributed by atoms with Crippen molar-refractivity contribution in [2.45, 2.75) is 26.7 Å². The minimum absolute atomic E-state index is 0.332. The van der Waals surface area contributed by atoms with Crippen LogP contribution in [0, 0.1) is 0 Å². The maximum atomic E-state index is 11.1. The van der Waals surface area contributed by atoms with Crippen LogP contribution in [0.3, 0.4) is 0 Å². The predicted octanol–water partition coefficient (Wildman–Crippen LogP) is 3.88. The van der Waals surface area contributed by atoms with Gasteiger partial charge in [0.2, 0.25) is 0 Å². The van der Waals surface area contributed by atoms with Crippen LogP contribution in [0.4, 0.5) is 0 Å². The SMILES string of the molecule is CC(=O)Oc1ccccc1CC=CCc1ccccc1OC(C)=O. The summed E-state index contributed by atoms with van der Waals surface area (Å²) in [5, 5.41) is 0. The van der Waals surface area contributed by atoms with Crippen molar-refractivity contribution in [3.63, 3.8) is 0 Å². The number of hydrogen-bond acceptors (Lipinski definition) is 4. The first-order valence-electron chi connectivity index (χ1n) is 7.74. The highest BCUT2D eigenvalue weighted by atomic mass is 16.5. The van der Waals surface area contributed by atoms with Crippen molar-refractivity contribution in [1.82, 2.24) is 0 Å². The monoisotopic (exact) mass is 324 g/mol. The number of carbonyl (C=O) groups is 2. The van der Waals surface area contributed by atoms with Crippen LogP contribution in [0.5, 0.6) is 11.5 Å². The Morgan fingerprint density at radius 3 is 1.50 bits per heavy atom. The Labute approximate surface area is 141 Å². The van der Waals surface area contributed by atoms with E-state index in [2.05, 4.69) is 0 Å². The second-order valence-corrected chi connectivity index (χ2v) is 5.28. The molecule has 24 heavy (non-hydrogen) atoms. The molecular formula is C20H20O4. The molecule has 0 bridgehead atoms. The summed E-state index contributed by atoms with van der Waals surface area (Å²) in [7, 11) is 0. The van der Waals surface area contributed by atoms with E-state index in [-0.39, 0.29) is 11.9 Å². The van der Waals surface area contributed by atoms with Gasteiger partial charge < -0.3 is 9.47 Å². The van der Waals surface area contributed by atoms with Crippen molar-refractivity contribution in [1.29, 1.82) is 0 Å². The molecule has 0 heterocycles. The van der Waals surface area contributed by atoms with Gasteiger partial charge in [-0.05, 0) is 36.1 Å². The smallest absolute Gasteiger partial charge is 0.308 e. The van der Waals surface area contributed by atoms with Gasteiger partial charge in [-0.1, -0.05) is 48.6 Å². The zero-order valence-electron chi connectivity index (χ0n) is 13.8. The van der Waals surface area contributed by atoms with Crippen molar-refractivity contribution in [2.24, 2.45) is 0 Å². The lowest BCUT2D eigenvalue weighted by atomic mass is 10.1. The maximum Gasteiger partial charge on any atom is 0.308 e. The lowest BCUT2D eigenvalue weighted by Gasteiger charge is -2.07. The number of hydrogen-bond donors (Lipinski definition) is 0. The van der Waals surface area contributed by atoms with Crippen molar-refractivity contribution in [3.8, 4) is 11.5 Å². The molecule has 0 N–H and O–H groups in total. The zero-order valence-corrected chi connectivity index (χ0v) is 13.8. The average molecular weight is 324 g/mol. The molecule has 0 saturated heterocycles. The normalized spacial score (nSPS) is 10.6. The van der Waals surface area contributed by atoms with Crippen LogP contribution in [-0.4, -0.2) is 11.9 Å². The van der Waals surface area contributed by atoms with E-state index in [0.717, 1.165) is 11.1 Å². The molecule has 4 nitrogen and oxygen atoms in total. The summed E-state index contributed by atoms with van der Waals surface area (Å²) in [6.07, 6.45) is 5.32. The van der Waals surface area contributed by atoms with Crippen LogP contribution >= 0.6 is 0 Å². The van der Waals surface area contributed by atoms with E-state index in [9.17, 15) is 9.59 Å². The molecule has 2 rings (SSSR count). The van der Waals surface area contributed by atoms with Crippen LogP contribution in [0.15, 0.2) is 60.7 Å². The number of benzene rings is 2. The zero-order chi connectivity index (χ0) is 17.4. The van der Waals surface area contributed by atoms with Crippen LogP contribution in [-0.2, 0) is 22.4 Å². The number of esters is 2. The molecule has 0 unspecified atom stereocenters. The van der Waals surface area contributed by atoms with Gasteiger partial charge in [-0.25, -0.2) is 0 Å². The highest BCUT2D eigenvalue weighted by molar-refractivity contribution is 5.70. The van der Waals surface area contributed by atoms with E-state index >= 15 is 0 Å². The second kappa shape index (κ2) is 8.67. The van der Waals surface area contributed by atoms with E-state index < -0.39 is 0 Å². The fourth-order valence-electron chi connectivity index (χ4n) is 2.27. The van der Waals surface area contributed by atoms with Gasteiger partial charge in [0.05, 0.1) is 0 Å². The highest BCUT2D eigenvalue weighted by Crippen LogP contribution is 2.21. The Morgan fingerprint density at radius 2 is 1.12 bits per heavy atom. The quantitative estimate of drug-likeness (QED) is 0.460. The lowest BCUT2D eigenvalue weighted by molar-refractivity contribution is -0.132. The third-order valence-electron chi connectivity index (χ3n) is 3.29.